The Morgan fingerprint density at radius 2 is 1.37 bits per heavy atom. The number of hydrogen-bond donors (Lipinski definition) is 0. The third-order valence-electron chi connectivity index (χ3n) is 12.7. The summed E-state index contributed by atoms with van der Waals surface area (Å²) in [5.41, 5.74) is 13.2. The Hall–Kier alpha value is -4.99. The normalized spacial score (nSPS) is 18.9. The van der Waals surface area contributed by atoms with Crippen molar-refractivity contribution in [1.82, 2.24) is 4.57 Å². The highest BCUT2D eigenvalue weighted by Gasteiger charge is 2.71. The van der Waals surface area contributed by atoms with Crippen molar-refractivity contribution in [2.45, 2.75) is 64.2 Å². The first kappa shape index (κ1) is 28.7. The van der Waals surface area contributed by atoms with E-state index < -0.39 is 21.8 Å². The number of anilines is 3. The van der Waals surface area contributed by atoms with Gasteiger partial charge in [0, 0.05) is 28.0 Å². The summed E-state index contributed by atoms with van der Waals surface area (Å²) in [5, 5.41) is 5.74. The SMILES string of the molecule is CC1(C)c2ccccc2N2c3c1ccc1c3C34c5c(cccc5-n5c6ccccc6c6c([Si](C)(C)C)cc([n+]3c65)-c3cc([Si](C)(C)C)cc2[n+]34)O1. The van der Waals surface area contributed by atoms with Crippen molar-refractivity contribution in [2.75, 3.05) is 4.90 Å². The third kappa shape index (κ3) is 2.95. The van der Waals surface area contributed by atoms with E-state index in [4.69, 9.17) is 4.74 Å². The minimum absolute atomic E-state index is 0.206. The number of benzene rings is 4. The predicted octanol–water partition coefficient (Wildman–Crippen LogP) is 8.57. The van der Waals surface area contributed by atoms with E-state index in [1.807, 2.05) is 0 Å². The number of para-hydroxylation sites is 2. The Kier molecular flexibility index (Phi) is 4.71. The molecule has 0 fully saturated rings. The predicted molar refractivity (Wildman–Crippen MR) is 211 cm³/mol. The Balaban J connectivity index is 1.41. The summed E-state index contributed by atoms with van der Waals surface area (Å²) < 4.78 is 15.2. The molecule has 0 radical (unpaired) electrons. The van der Waals surface area contributed by atoms with Crippen LogP contribution in [0.4, 0.5) is 17.2 Å². The molecule has 0 amide bonds. The molecule has 8 heterocycles. The van der Waals surface area contributed by atoms with Crippen LogP contribution in [0, 0.1) is 0 Å². The van der Waals surface area contributed by atoms with Gasteiger partial charge in [-0.3, -0.25) is 0 Å². The summed E-state index contributed by atoms with van der Waals surface area (Å²) in [7, 11) is -3.64. The van der Waals surface area contributed by atoms with Crippen LogP contribution in [0.3, 0.4) is 0 Å². The molecule has 0 saturated heterocycles. The second-order valence-corrected chi connectivity index (χ2v) is 28.0. The summed E-state index contributed by atoms with van der Waals surface area (Å²) in [6, 6.07) is 37.3. The van der Waals surface area contributed by atoms with Gasteiger partial charge in [-0.1, -0.05) is 95.6 Å². The zero-order valence-corrected chi connectivity index (χ0v) is 32.4. The quantitative estimate of drug-likeness (QED) is 0.134. The molecule has 7 heteroatoms. The van der Waals surface area contributed by atoms with Crippen molar-refractivity contribution in [3.8, 4) is 28.6 Å². The lowest BCUT2D eigenvalue weighted by Crippen LogP contribution is -2.76. The second-order valence-electron chi connectivity index (χ2n) is 17.9. The van der Waals surface area contributed by atoms with E-state index in [1.54, 1.807) is 0 Å². The highest BCUT2D eigenvalue weighted by Crippen LogP contribution is 2.64. The van der Waals surface area contributed by atoms with E-state index in [2.05, 4.69) is 169 Å². The summed E-state index contributed by atoms with van der Waals surface area (Å²) in [5.74, 6) is 3.13. The molecule has 0 N–H and O–H groups in total. The van der Waals surface area contributed by atoms with Gasteiger partial charge < -0.3 is 4.74 Å². The zero-order chi connectivity index (χ0) is 34.7. The van der Waals surface area contributed by atoms with Gasteiger partial charge >= 0.3 is 5.66 Å². The highest BCUT2D eigenvalue weighted by atomic mass is 28.3. The number of pyridine rings is 2. The molecule has 51 heavy (non-hydrogen) atoms. The molecular weight excluding hydrogens is 657 g/mol. The molecular formula is C44H40N4OSi2+2. The molecule has 1 atom stereocenters. The molecule has 3 aromatic heterocycles. The van der Waals surface area contributed by atoms with E-state index in [1.165, 1.54) is 88.8 Å². The number of rotatable bonds is 2. The van der Waals surface area contributed by atoms with Crippen LogP contribution in [0.1, 0.15) is 36.1 Å². The average molecular weight is 697 g/mol. The van der Waals surface area contributed by atoms with Crippen LogP contribution in [0.25, 0.3) is 39.0 Å². The van der Waals surface area contributed by atoms with E-state index >= 15 is 0 Å². The minimum Gasteiger partial charge on any atom is -0.456 e. The van der Waals surface area contributed by atoms with E-state index in [0.717, 1.165) is 11.5 Å². The highest BCUT2D eigenvalue weighted by molar-refractivity contribution is 6.90. The summed E-state index contributed by atoms with van der Waals surface area (Å²) in [4.78, 5) is 2.61. The monoisotopic (exact) mass is 696 g/mol. The molecule has 1 spiro atoms. The fourth-order valence-electron chi connectivity index (χ4n) is 10.5. The van der Waals surface area contributed by atoms with Crippen molar-refractivity contribution in [3.63, 3.8) is 0 Å². The van der Waals surface area contributed by atoms with Crippen LogP contribution in [0.15, 0.2) is 97.1 Å². The first-order valence-corrected chi connectivity index (χ1v) is 25.4. The Morgan fingerprint density at radius 1 is 0.647 bits per heavy atom. The molecule has 0 saturated carbocycles. The largest absolute Gasteiger partial charge is 0.456 e. The maximum atomic E-state index is 7.13. The Bertz CT molecular complexity index is 2850. The van der Waals surface area contributed by atoms with Gasteiger partial charge in [-0.2, -0.15) is 18.6 Å². The standard InChI is InChI=1S/C44H40N4OSi2/c1-43(2)27-15-10-12-17-30(27)46-37-23-25(50(3,4)5)22-32-33-24-36(51(6,7)8)38-26-14-9-11-16-29(26)45-31-18-13-19-34-39(31)44(47(32)37,48(33)42(38)45)40-35(49-34)21-20-28(43)41(40)46/h9-24H,1-8H3/q+2. The van der Waals surface area contributed by atoms with E-state index in [-0.39, 0.29) is 5.41 Å². The molecule has 7 aromatic rings. The molecule has 248 valence electrons. The van der Waals surface area contributed by atoms with Crippen molar-refractivity contribution >= 4 is 65.7 Å². The maximum absolute atomic E-state index is 7.13. The van der Waals surface area contributed by atoms with Gasteiger partial charge in [0.2, 0.25) is 0 Å². The van der Waals surface area contributed by atoms with Gasteiger partial charge in [0.25, 0.3) is 11.5 Å². The first-order valence-electron chi connectivity index (χ1n) is 18.4. The van der Waals surface area contributed by atoms with Crippen LogP contribution in [0.5, 0.6) is 11.5 Å². The topological polar surface area (TPSA) is 25.2 Å². The molecule has 4 aromatic carbocycles. The Labute approximate surface area is 300 Å². The van der Waals surface area contributed by atoms with Gasteiger partial charge in [0.15, 0.2) is 17.1 Å². The average Bonchev–Trinajstić information content (AvgIpc) is 3.58. The van der Waals surface area contributed by atoms with E-state index in [9.17, 15) is 0 Å². The third-order valence-corrected chi connectivity index (χ3v) is 16.8. The van der Waals surface area contributed by atoms with Gasteiger partial charge in [0.05, 0.1) is 21.5 Å². The van der Waals surface area contributed by atoms with Crippen molar-refractivity contribution in [1.29, 1.82) is 0 Å². The number of ether oxygens (including phenoxy) is 1. The van der Waals surface area contributed by atoms with Crippen molar-refractivity contribution in [2.24, 2.45) is 0 Å². The van der Waals surface area contributed by atoms with E-state index in [0.29, 0.717) is 0 Å². The molecule has 5 nitrogen and oxygen atoms in total. The van der Waals surface area contributed by atoms with Crippen molar-refractivity contribution < 1.29 is 13.9 Å². The lowest BCUT2D eigenvalue weighted by Gasteiger charge is -2.46. The lowest BCUT2D eigenvalue weighted by molar-refractivity contribution is -0.925. The lowest BCUT2D eigenvalue weighted by atomic mass is 9.70. The summed E-state index contributed by atoms with van der Waals surface area (Å²) in [6.45, 7) is 19.8. The summed E-state index contributed by atoms with van der Waals surface area (Å²) >= 11 is 0. The maximum Gasteiger partial charge on any atom is 0.323 e. The smallest absolute Gasteiger partial charge is 0.323 e. The zero-order valence-electron chi connectivity index (χ0n) is 30.4. The fraction of sp³-hybridized carbons (Fsp3) is 0.227. The van der Waals surface area contributed by atoms with Gasteiger partial charge in [-0.15, -0.1) is 0 Å². The van der Waals surface area contributed by atoms with Gasteiger partial charge in [-0.05, 0) is 58.9 Å². The second kappa shape index (κ2) is 8.38. The van der Waals surface area contributed by atoms with Crippen LogP contribution >= 0.6 is 0 Å². The molecule has 5 aliphatic heterocycles. The molecule has 1 unspecified atom stereocenters. The molecule has 5 aliphatic rings. The summed E-state index contributed by atoms with van der Waals surface area (Å²) in [6.07, 6.45) is 0. The molecule has 0 bridgehead atoms. The molecule has 0 aliphatic carbocycles. The fourth-order valence-corrected chi connectivity index (χ4v) is 13.2. The van der Waals surface area contributed by atoms with Crippen LogP contribution in [0.2, 0.25) is 39.3 Å². The van der Waals surface area contributed by atoms with Crippen LogP contribution in [-0.4, -0.2) is 20.7 Å². The van der Waals surface area contributed by atoms with Gasteiger partial charge in [-0.25, -0.2) is 0 Å². The number of hydrogen-bond acceptors (Lipinski definition) is 2. The van der Waals surface area contributed by atoms with Crippen LogP contribution < -0.4 is 29.1 Å². The number of aromatic nitrogens is 3. The first-order chi connectivity index (χ1) is 24.3. The van der Waals surface area contributed by atoms with Crippen LogP contribution in [-0.2, 0) is 11.1 Å². The van der Waals surface area contributed by atoms with Crippen molar-refractivity contribution in [3.05, 3.63) is 119 Å². The molecule has 12 rings (SSSR count). The minimum atomic E-state index is -1.86. The number of nitrogens with zero attached hydrogens (tertiary/aromatic N) is 4. The van der Waals surface area contributed by atoms with Gasteiger partial charge in [0.1, 0.15) is 39.5 Å². The number of fused-ring (bicyclic) bond motifs is 8. The Morgan fingerprint density at radius 3 is 2.18 bits per heavy atom.